The zero-order valence-corrected chi connectivity index (χ0v) is 12.1. The van der Waals surface area contributed by atoms with Crippen LogP contribution in [0, 0.1) is 5.82 Å². The number of hydrogen-bond acceptors (Lipinski definition) is 4. The molecular weight excluding hydrogens is 275 g/mol. The number of rotatable bonds is 4. The maximum atomic E-state index is 13.6. The summed E-state index contributed by atoms with van der Waals surface area (Å²) in [4.78, 5) is 24.9. The fourth-order valence-corrected chi connectivity index (χ4v) is 2.34. The van der Waals surface area contributed by atoms with Gasteiger partial charge in [-0.1, -0.05) is 0 Å². The number of benzene rings is 1. The number of nitrogens with one attached hydrogen (secondary N) is 1. The molecule has 0 aliphatic carbocycles. The number of amides is 1. The number of carbonyl (C=O) groups is 2. The van der Waals surface area contributed by atoms with Gasteiger partial charge >= 0.3 is 0 Å². The van der Waals surface area contributed by atoms with E-state index in [4.69, 9.17) is 4.74 Å². The third kappa shape index (κ3) is 3.78. The molecule has 1 amide bonds. The highest BCUT2D eigenvalue weighted by Gasteiger charge is 2.30. The number of morpholine rings is 1. The van der Waals surface area contributed by atoms with Crippen molar-refractivity contribution in [2.24, 2.45) is 0 Å². The molecule has 6 heteroatoms. The Bertz CT molecular complexity index is 534. The lowest BCUT2D eigenvalue weighted by Crippen LogP contribution is -2.55. The molecule has 1 heterocycles. The van der Waals surface area contributed by atoms with Gasteiger partial charge in [-0.3, -0.25) is 9.59 Å². The van der Waals surface area contributed by atoms with E-state index >= 15 is 0 Å². The van der Waals surface area contributed by atoms with Gasteiger partial charge in [-0.15, -0.1) is 0 Å². The van der Waals surface area contributed by atoms with Crippen molar-refractivity contribution in [1.82, 2.24) is 5.32 Å². The van der Waals surface area contributed by atoms with E-state index in [1.165, 1.54) is 12.1 Å². The Balaban J connectivity index is 2.28. The van der Waals surface area contributed by atoms with Crippen LogP contribution in [0.2, 0.25) is 0 Å². The fraction of sp³-hybridized carbons (Fsp3) is 0.467. The third-order valence-corrected chi connectivity index (χ3v) is 3.23. The monoisotopic (exact) mass is 294 g/mol. The van der Waals surface area contributed by atoms with Gasteiger partial charge in [0.1, 0.15) is 18.1 Å². The average Bonchev–Trinajstić information content (AvgIpc) is 2.45. The molecule has 1 N–H and O–H groups in total. The number of hydrogen-bond donors (Lipinski definition) is 1. The molecule has 2 rings (SSSR count). The molecule has 0 aromatic heterocycles. The zero-order valence-electron chi connectivity index (χ0n) is 12.1. The lowest BCUT2D eigenvalue weighted by molar-refractivity contribution is -0.125. The highest BCUT2D eigenvalue weighted by Crippen LogP contribution is 2.22. The van der Waals surface area contributed by atoms with Gasteiger partial charge in [-0.05, 0) is 32.0 Å². The topological polar surface area (TPSA) is 58.6 Å². The first-order valence-corrected chi connectivity index (χ1v) is 6.92. The van der Waals surface area contributed by atoms with Gasteiger partial charge in [-0.2, -0.15) is 0 Å². The summed E-state index contributed by atoms with van der Waals surface area (Å²) in [7, 11) is 0. The lowest BCUT2D eigenvalue weighted by atomic mass is 10.1. The van der Waals surface area contributed by atoms with Gasteiger partial charge in [0.25, 0.3) is 0 Å². The van der Waals surface area contributed by atoms with E-state index in [1.54, 1.807) is 11.0 Å². The van der Waals surface area contributed by atoms with Crippen molar-refractivity contribution in [2.45, 2.75) is 25.9 Å². The predicted molar refractivity (Wildman–Crippen MR) is 77.0 cm³/mol. The first-order valence-electron chi connectivity index (χ1n) is 6.92. The van der Waals surface area contributed by atoms with Crippen molar-refractivity contribution in [2.75, 3.05) is 24.7 Å². The van der Waals surface area contributed by atoms with E-state index in [1.807, 2.05) is 13.8 Å². The van der Waals surface area contributed by atoms with Crippen molar-refractivity contribution in [3.8, 4) is 0 Å². The number of carbonyl (C=O) groups excluding carboxylic acids is 2. The smallest absolute Gasteiger partial charge is 0.245 e. The molecule has 5 nitrogen and oxygen atoms in total. The van der Waals surface area contributed by atoms with Gasteiger partial charge in [0.05, 0.1) is 13.2 Å². The van der Waals surface area contributed by atoms with Gasteiger partial charge in [0.2, 0.25) is 5.91 Å². The zero-order chi connectivity index (χ0) is 15.4. The largest absolute Gasteiger partial charge is 0.377 e. The molecular formula is C15H19FN2O3. The molecule has 21 heavy (non-hydrogen) atoms. The van der Waals surface area contributed by atoms with Crippen molar-refractivity contribution in [3.63, 3.8) is 0 Å². The third-order valence-electron chi connectivity index (χ3n) is 3.23. The van der Waals surface area contributed by atoms with E-state index in [-0.39, 0.29) is 24.1 Å². The Kier molecular flexibility index (Phi) is 4.90. The Morgan fingerprint density at radius 1 is 1.48 bits per heavy atom. The number of aldehydes is 1. The van der Waals surface area contributed by atoms with Crippen LogP contribution >= 0.6 is 0 Å². The van der Waals surface area contributed by atoms with Gasteiger partial charge in [0.15, 0.2) is 0 Å². The van der Waals surface area contributed by atoms with Gasteiger partial charge < -0.3 is 15.0 Å². The second kappa shape index (κ2) is 6.67. The minimum absolute atomic E-state index is 0.0133. The first kappa shape index (κ1) is 15.4. The Labute approximate surface area is 123 Å². The van der Waals surface area contributed by atoms with Gasteiger partial charge in [0, 0.05) is 23.8 Å². The molecule has 1 fully saturated rings. The first-order chi connectivity index (χ1) is 10.0. The summed E-state index contributed by atoms with van der Waals surface area (Å²) in [6.45, 7) is 4.92. The van der Waals surface area contributed by atoms with Crippen molar-refractivity contribution in [3.05, 3.63) is 29.6 Å². The van der Waals surface area contributed by atoms with Crippen LogP contribution in [0.4, 0.5) is 10.1 Å². The molecule has 1 aliphatic heterocycles. The van der Waals surface area contributed by atoms with Crippen LogP contribution in [0.3, 0.4) is 0 Å². The van der Waals surface area contributed by atoms with Crippen LogP contribution in [-0.2, 0) is 9.53 Å². The molecule has 0 radical (unpaired) electrons. The predicted octanol–water partition coefficient (Wildman–Crippen LogP) is 1.37. The van der Waals surface area contributed by atoms with Crippen LogP contribution in [0.25, 0.3) is 0 Å². The Morgan fingerprint density at radius 2 is 2.24 bits per heavy atom. The Morgan fingerprint density at radius 3 is 2.90 bits per heavy atom. The van der Waals surface area contributed by atoms with Crippen molar-refractivity contribution in [1.29, 1.82) is 0 Å². The Hall–Kier alpha value is -1.95. The molecule has 0 spiro atoms. The van der Waals surface area contributed by atoms with E-state index in [2.05, 4.69) is 5.32 Å². The lowest BCUT2D eigenvalue weighted by Gasteiger charge is -2.36. The SMILES string of the molecule is CC(C)NC(=O)C1COCCN1c1cc(F)cc(C=O)c1. The van der Waals surface area contributed by atoms with Crippen LogP contribution in [-0.4, -0.2) is 44.0 Å². The fourth-order valence-electron chi connectivity index (χ4n) is 2.34. The van der Waals surface area contributed by atoms with Crippen LogP contribution in [0.5, 0.6) is 0 Å². The van der Waals surface area contributed by atoms with Crippen LogP contribution in [0.15, 0.2) is 18.2 Å². The molecule has 1 aromatic rings. The minimum Gasteiger partial charge on any atom is -0.377 e. The van der Waals surface area contributed by atoms with Crippen molar-refractivity contribution >= 4 is 17.9 Å². The molecule has 1 aliphatic rings. The van der Waals surface area contributed by atoms with Gasteiger partial charge in [-0.25, -0.2) is 4.39 Å². The molecule has 1 atom stereocenters. The number of nitrogens with zero attached hydrogens (tertiary/aromatic N) is 1. The summed E-state index contributed by atoms with van der Waals surface area (Å²) in [5, 5.41) is 2.83. The quantitative estimate of drug-likeness (QED) is 0.852. The second-order valence-electron chi connectivity index (χ2n) is 5.31. The van der Waals surface area contributed by atoms with E-state index < -0.39 is 11.9 Å². The minimum atomic E-state index is -0.526. The van der Waals surface area contributed by atoms with E-state index in [0.717, 1.165) is 0 Å². The number of halogens is 1. The molecule has 1 aromatic carbocycles. The number of ether oxygens (including phenoxy) is 1. The highest BCUT2D eigenvalue weighted by molar-refractivity contribution is 5.86. The second-order valence-corrected chi connectivity index (χ2v) is 5.31. The van der Waals surface area contributed by atoms with Crippen LogP contribution in [0.1, 0.15) is 24.2 Å². The van der Waals surface area contributed by atoms with Crippen molar-refractivity contribution < 1.29 is 18.7 Å². The summed E-state index contributed by atoms with van der Waals surface area (Å²) in [6.07, 6.45) is 0.593. The maximum Gasteiger partial charge on any atom is 0.245 e. The van der Waals surface area contributed by atoms with Crippen LogP contribution < -0.4 is 10.2 Å². The molecule has 1 unspecified atom stereocenters. The molecule has 1 saturated heterocycles. The summed E-state index contributed by atoms with van der Waals surface area (Å²) in [5.74, 6) is -0.661. The summed E-state index contributed by atoms with van der Waals surface area (Å²) in [5.41, 5.74) is 0.767. The summed E-state index contributed by atoms with van der Waals surface area (Å²) >= 11 is 0. The maximum absolute atomic E-state index is 13.6. The molecule has 114 valence electrons. The summed E-state index contributed by atoms with van der Waals surface area (Å²) in [6, 6.07) is 3.56. The summed E-state index contributed by atoms with van der Waals surface area (Å²) < 4.78 is 18.9. The standard InChI is InChI=1S/C15H19FN2O3/c1-10(2)17-15(20)14-9-21-4-3-18(14)13-6-11(8-19)5-12(16)7-13/h5-8,10,14H,3-4,9H2,1-2H3,(H,17,20). The van der Waals surface area contributed by atoms with E-state index in [9.17, 15) is 14.0 Å². The number of anilines is 1. The average molecular weight is 294 g/mol. The highest BCUT2D eigenvalue weighted by atomic mass is 19.1. The normalized spacial score (nSPS) is 18.7. The van der Waals surface area contributed by atoms with E-state index in [0.29, 0.717) is 25.1 Å². The molecule has 0 saturated carbocycles. The molecule has 0 bridgehead atoms.